The van der Waals surface area contributed by atoms with E-state index in [9.17, 15) is 14.0 Å². The van der Waals surface area contributed by atoms with Gasteiger partial charge in [-0.2, -0.15) is 0 Å². The number of methoxy groups -OCH3 is 1. The largest absolute Gasteiger partial charge is 0.465 e. The van der Waals surface area contributed by atoms with Crippen LogP contribution in [0.1, 0.15) is 32.3 Å². The summed E-state index contributed by atoms with van der Waals surface area (Å²) in [5.74, 6) is -1.21. The fourth-order valence-corrected chi connectivity index (χ4v) is 4.91. The van der Waals surface area contributed by atoms with Gasteiger partial charge in [0.25, 0.3) is 0 Å². The van der Waals surface area contributed by atoms with E-state index in [1.807, 2.05) is 0 Å². The summed E-state index contributed by atoms with van der Waals surface area (Å²) in [5.41, 5.74) is -1.03. The number of benzene rings is 1. The third-order valence-electron chi connectivity index (χ3n) is 5.05. The molecule has 0 saturated heterocycles. The van der Waals surface area contributed by atoms with Gasteiger partial charge in [0.05, 0.1) is 18.2 Å². The second-order valence-corrected chi connectivity index (χ2v) is 9.05. The Kier molecular flexibility index (Phi) is 7.46. The molecule has 1 aliphatic rings. The highest BCUT2D eigenvalue weighted by molar-refractivity contribution is 7.81. The molecule has 1 aromatic carbocycles. The lowest BCUT2D eigenvalue weighted by molar-refractivity contribution is -0.152. The van der Waals surface area contributed by atoms with Crippen LogP contribution >= 0.6 is 35.2 Å². The average Bonchev–Trinajstić information content (AvgIpc) is 3.05. The maximum atomic E-state index is 14.7. The van der Waals surface area contributed by atoms with Crippen molar-refractivity contribution >= 4 is 51.7 Å². The lowest BCUT2D eigenvalue weighted by Crippen LogP contribution is -2.41. The summed E-state index contributed by atoms with van der Waals surface area (Å²) in [4.78, 5) is 29.7. The number of thiocarbonyl (C=S) groups is 1. The number of hydrogen-bond acceptors (Lipinski definition) is 7. The smallest absolute Gasteiger partial charge is 0.325 e. The zero-order valence-corrected chi connectivity index (χ0v) is 19.8. The average molecular weight is 488 g/mol. The topological polar surface area (TPSA) is 74.8 Å². The van der Waals surface area contributed by atoms with E-state index >= 15 is 0 Å². The van der Waals surface area contributed by atoms with Gasteiger partial charge >= 0.3 is 10.8 Å². The minimum absolute atomic E-state index is 0.0203. The van der Waals surface area contributed by atoms with E-state index in [0.717, 1.165) is 30.2 Å². The van der Waals surface area contributed by atoms with Crippen LogP contribution in [0.3, 0.4) is 0 Å². The maximum absolute atomic E-state index is 14.7. The summed E-state index contributed by atoms with van der Waals surface area (Å²) in [6, 6.07) is 2.51. The molecule has 2 heterocycles. The van der Waals surface area contributed by atoms with Crippen LogP contribution in [-0.4, -0.2) is 40.5 Å². The number of ether oxygens (including phenoxy) is 2. The minimum atomic E-state index is -1.30. The lowest BCUT2D eigenvalue weighted by Gasteiger charge is -2.28. The van der Waals surface area contributed by atoms with Gasteiger partial charge < -0.3 is 9.47 Å². The molecule has 1 unspecified atom stereocenters. The van der Waals surface area contributed by atoms with E-state index in [-0.39, 0.29) is 39.2 Å². The van der Waals surface area contributed by atoms with Gasteiger partial charge in [0, 0.05) is 30.6 Å². The van der Waals surface area contributed by atoms with Crippen molar-refractivity contribution in [1.82, 2.24) is 9.36 Å². The van der Waals surface area contributed by atoms with Crippen LogP contribution in [0.15, 0.2) is 21.9 Å². The van der Waals surface area contributed by atoms with Gasteiger partial charge in [-0.1, -0.05) is 23.8 Å². The summed E-state index contributed by atoms with van der Waals surface area (Å²) in [7, 11) is 1.45. The number of esters is 1. The minimum Gasteiger partial charge on any atom is -0.465 e. The molecule has 0 bridgehead atoms. The van der Waals surface area contributed by atoms with Crippen molar-refractivity contribution in [3.05, 3.63) is 43.0 Å². The molecule has 2 aromatic rings. The highest BCUT2D eigenvalue weighted by Crippen LogP contribution is 2.33. The monoisotopic (exact) mass is 487 g/mol. The van der Waals surface area contributed by atoms with E-state index in [1.165, 1.54) is 13.2 Å². The number of nitrogens with zero attached hydrogens (tertiary/aromatic N) is 3. The zero-order chi connectivity index (χ0) is 22.8. The molecule has 3 rings (SSSR count). The molecule has 0 saturated carbocycles. The van der Waals surface area contributed by atoms with Gasteiger partial charge in [0.15, 0.2) is 0 Å². The van der Waals surface area contributed by atoms with E-state index < -0.39 is 17.2 Å². The standard InChI is InChI=1S/C20H23ClFN3O4S2/c1-4-29-17(26)20(2,11-28-3)16(30)12-9-15(14(22)10-13(12)21)23-18-24-7-5-6-8-25(24)19(27)31-18/h9-10H,4-8,11H2,1-3H3. The Morgan fingerprint density at radius 3 is 2.68 bits per heavy atom. The van der Waals surface area contributed by atoms with Crippen molar-refractivity contribution in [2.45, 2.75) is 39.8 Å². The van der Waals surface area contributed by atoms with Crippen molar-refractivity contribution in [1.29, 1.82) is 0 Å². The molecule has 31 heavy (non-hydrogen) atoms. The summed E-state index contributed by atoms with van der Waals surface area (Å²) in [5, 5.41) is 0.0489. The first kappa shape index (κ1) is 23.8. The van der Waals surface area contributed by atoms with E-state index in [1.54, 1.807) is 23.2 Å². The van der Waals surface area contributed by atoms with Crippen LogP contribution in [0.4, 0.5) is 10.1 Å². The number of hydrogen-bond donors (Lipinski definition) is 0. The quantitative estimate of drug-likeness (QED) is 0.339. The SMILES string of the molecule is CCOC(=O)C(C)(COC)C(=S)c1cc(N=c2sc(=O)n3n2CCCC3)c(F)cc1Cl. The molecule has 1 aliphatic heterocycles. The molecule has 1 aromatic heterocycles. The first-order valence-electron chi connectivity index (χ1n) is 9.78. The summed E-state index contributed by atoms with van der Waals surface area (Å²) in [6.07, 6.45) is 1.83. The highest BCUT2D eigenvalue weighted by Gasteiger charge is 2.41. The first-order chi connectivity index (χ1) is 14.7. The van der Waals surface area contributed by atoms with Crippen molar-refractivity contribution in [3.63, 3.8) is 0 Å². The fraction of sp³-hybridized carbons (Fsp3) is 0.500. The predicted molar refractivity (Wildman–Crippen MR) is 121 cm³/mol. The Balaban J connectivity index is 2.11. The first-order valence-corrected chi connectivity index (χ1v) is 11.4. The van der Waals surface area contributed by atoms with Gasteiger partial charge in [-0.3, -0.25) is 14.3 Å². The Morgan fingerprint density at radius 2 is 2.03 bits per heavy atom. The fourth-order valence-electron chi connectivity index (χ4n) is 3.41. The van der Waals surface area contributed by atoms with Gasteiger partial charge in [0.1, 0.15) is 16.9 Å². The summed E-state index contributed by atoms with van der Waals surface area (Å²) in [6.45, 7) is 4.67. The number of halogens is 2. The van der Waals surface area contributed by atoms with Crippen molar-refractivity contribution in [3.8, 4) is 0 Å². The Morgan fingerprint density at radius 1 is 1.35 bits per heavy atom. The highest BCUT2D eigenvalue weighted by atomic mass is 35.5. The van der Waals surface area contributed by atoms with E-state index in [4.69, 9.17) is 33.3 Å². The van der Waals surface area contributed by atoms with Gasteiger partial charge in [-0.05, 0) is 50.2 Å². The number of carbonyl (C=O) groups is 1. The molecule has 0 aliphatic carbocycles. The van der Waals surface area contributed by atoms with Crippen molar-refractivity contribution in [2.24, 2.45) is 10.4 Å². The van der Waals surface area contributed by atoms with Crippen LogP contribution in [0, 0.1) is 11.2 Å². The number of rotatable bonds is 7. The molecular formula is C20H23ClFN3O4S2. The second kappa shape index (κ2) is 9.72. The normalized spacial score (nSPS) is 16.0. The molecular weight excluding hydrogens is 465 g/mol. The second-order valence-electron chi connectivity index (χ2n) is 7.31. The van der Waals surface area contributed by atoms with Crippen molar-refractivity contribution < 1.29 is 18.7 Å². The Hall–Kier alpha value is -1.88. The van der Waals surface area contributed by atoms with Crippen LogP contribution in [-0.2, 0) is 27.4 Å². The van der Waals surface area contributed by atoms with E-state index in [0.29, 0.717) is 17.9 Å². The molecule has 7 nitrogen and oxygen atoms in total. The molecule has 1 atom stereocenters. The molecule has 168 valence electrons. The Bertz CT molecular complexity index is 1140. The third-order valence-corrected chi connectivity index (χ3v) is 6.90. The third kappa shape index (κ3) is 4.67. The van der Waals surface area contributed by atoms with Crippen LogP contribution in [0.25, 0.3) is 0 Å². The van der Waals surface area contributed by atoms with Crippen LogP contribution < -0.4 is 9.67 Å². The van der Waals surface area contributed by atoms with Gasteiger partial charge in [0.2, 0.25) is 4.80 Å². The van der Waals surface area contributed by atoms with Crippen LogP contribution in [0.2, 0.25) is 5.02 Å². The molecule has 11 heteroatoms. The zero-order valence-electron chi connectivity index (χ0n) is 17.4. The lowest BCUT2D eigenvalue weighted by atomic mass is 9.83. The van der Waals surface area contributed by atoms with Crippen molar-refractivity contribution in [2.75, 3.05) is 20.3 Å². The predicted octanol–water partition coefficient (Wildman–Crippen LogP) is 3.46. The van der Waals surface area contributed by atoms with Crippen LogP contribution in [0.5, 0.6) is 0 Å². The summed E-state index contributed by atoms with van der Waals surface area (Å²) < 4.78 is 28.5. The van der Waals surface area contributed by atoms with E-state index in [2.05, 4.69) is 4.99 Å². The number of carbonyl (C=O) groups excluding carboxylic acids is 1. The van der Waals surface area contributed by atoms with Gasteiger partial charge in [-0.15, -0.1) is 0 Å². The maximum Gasteiger partial charge on any atom is 0.325 e. The molecule has 0 fully saturated rings. The Labute approximate surface area is 193 Å². The molecule has 0 N–H and O–H groups in total. The van der Waals surface area contributed by atoms with Gasteiger partial charge in [-0.25, -0.2) is 14.1 Å². The molecule has 0 spiro atoms. The number of fused-ring (bicyclic) bond motifs is 1. The molecule has 0 radical (unpaired) electrons. The number of aromatic nitrogens is 2. The summed E-state index contributed by atoms with van der Waals surface area (Å²) >= 11 is 12.8. The molecule has 0 amide bonds.